The Morgan fingerprint density at radius 3 is 2.50 bits per heavy atom. The third kappa shape index (κ3) is 5.93. The molecule has 32 heavy (non-hydrogen) atoms. The molecule has 174 valence electrons. The first kappa shape index (κ1) is 24.3. The maximum absolute atomic E-state index is 12.8. The van der Waals surface area contributed by atoms with E-state index in [1.165, 1.54) is 4.31 Å². The summed E-state index contributed by atoms with van der Waals surface area (Å²) in [6.45, 7) is 4.61. The minimum atomic E-state index is -3.26. The van der Waals surface area contributed by atoms with E-state index in [1.54, 1.807) is 6.92 Å². The Hall–Kier alpha value is -2.30. The standard InChI is InChI=1S/C22H29N3O5S2/c1-3-5-15-32(28,29)25-13-11-17(12-14-25)20(26)24-22-23-18(16-9-7-6-8-10-16)19(31-22)21(27)30-4-2/h6-10,17H,3-5,11-15H2,1-2H3,(H,23,24,26). The summed E-state index contributed by atoms with van der Waals surface area (Å²) in [7, 11) is -3.26. The van der Waals surface area contributed by atoms with E-state index in [9.17, 15) is 18.0 Å². The highest BCUT2D eigenvalue weighted by Crippen LogP contribution is 2.32. The van der Waals surface area contributed by atoms with Gasteiger partial charge in [-0.2, -0.15) is 0 Å². The Kier molecular flexibility index (Phi) is 8.38. The van der Waals surface area contributed by atoms with Gasteiger partial charge in [0.2, 0.25) is 15.9 Å². The summed E-state index contributed by atoms with van der Waals surface area (Å²) in [5.41, 5.74) is 1.24. The monoisotopic (exact) mass is 479 g/mol. The first-order valence-corrected chi connectivity index (χ1v) is 13.3. The van der Waals surface area contributed by atoms with Crippen LogP contribution in [0.1, 0.15) is 49.2 Å². The second-order valence-corrected chi connectivity index (χ2v) is 10.7. The number of ether oxygens (including phenoxy) is 1. The van der Waals surface area contributed by atoms with Gasteiger partial charge in [0.15, 0.2) is 5.13 Å². The van der Waals surface area contributed by atoms with Gasteiger partial charge in [-0.25, -0.2) is 22.5 Å². The lowest BCUT2D eigenvalue weighted by Gasteiger charge is -2.30. The summed E-state index contributed by atoms with van der Waals surface area (Å²) >= 11 is 1.08. The zero-order chi connectivity index (χ0) is 23.1. The summed E-state index contributed by atoms with van der Waals surface area (Å²) in [5.74, 6) is -0.838. The molecule has 0 spiro atoms. The molecule has 1 N–H and O–H groups in total. The number of nitrogens with one attached hydrogen (secondary N) is 1. The lowest BCUT2D eigenvalue weighted by atomic mass is 9.97. The molecule has 2 aromatic rings. The van der Waals surface area contributed by atoms with Gasteiger partial charge in [0.1, 0.15) is 4.88 Å². The highest BCUT2D eigenvalue weighted by atomic mass is 32.2. The van der Waals surface area contributed by atoms with Gasteiger partial charge < -0.3 is 10.1 Å². The van der Waals surface area contributed by atoms with Crippen LogP contribution in [0.2, 0.25) is 0 Å². The van der Waals surface area contributed by atoms with Gasteiger partial charge in [0, 0.05) is 24.6 Å². The number of carbonyl (C=O) groups is 2. The molecule has 10 heteroatoms. The van der Waals surface area contributed by atoms with E-state index >= 15 is 0 Å². The second-order valence-electron chi connectivity index (χ2n) is 7.62. The molecule has 1 aromatic heterocycles. The maximum Gasteiger partial charge on any atom is 0.350 e. The summed E-state index contributed by atoms with van der Waals surface area (Å²) < 4.78 is 31.4. The van der Waals surface area contributed by atoms with Crippen molar-refractivity contribution in [3.05, 3.63) is 35.2 Å². The molecular weight excluding hydrogens is 450 g/mol. The fraction of sp³-hybridized carbons (Fsp3) is 0.500. The number of esters is 1. The fourth-order valence-electron chi connectivity index (χ4n) is 3.56. The summed E-state index contributed by atoms with van der Waals surface area (Å²) in [5, 5.41) is 3.15. The first-order valence-electron chi connectivity index (χ1n) is 10.9. The number of unbranched alkanes of at least 4 members (excludes halogenated alkanes) is 1. The van der Waals surface area contributed by atoms with Crippen LogP contribution >= 0.6 is 11.3 Å². The van der Waals surface area contributed by atoms with Crippen molar-refractivity contribution in [3.8, 4) is 11.3 Å². The van der Waals surface area contributed by atoms with Crippen molar-refractivity contribution >= 4 is 38.4 Å². The Morgan fingerprint density at radius 1 is 1.19 bits per heavy atom. The van der Waals surface area contributed by atoms with Crippen molar-refractivity contribution in [2.45, 2.75) is 39.5 Å². The lowest BCUT2D eigenvalue weighted by molar-refractivity contribution is -0.120. The van der Waals surface area contributed by atoms with Gasteiger partial charge in [0.05, 0.1) is 18.1 Å². The van der Waals surface area contributed by atoms with Crippen molar-refractivity contribution in [3.63, 3.8) is 0 Å². The molecule has 0 atom stereocenters. The van der Waals surface area contributed by atoms with Crippen molar-refractivity contribution in [2.24, 2.45) is 5.92 Å². The first-order chi connectivity index (χ1) is 15.4. The molecule has 1 amide bonds. The number of aromatic nitrogens is 1. The Labute approximate surface area is 193 Å². The van der Waals surface area contributed by atoms with Gasteiger partial charge in [-0.1, -0.05) is 55.0 Å². The molecule has 8 nitrogen and oxygen atoms in total. The third-order valence-electron chi connectivity index (χ3n) is 5.34. The predicted molar refractivity (Wildman–Crippen MR) is 125 cm³/mol. The number of sulfonamides is 1. The van der Waals surface area contributed by atoms with Gasteiger partial charge in [-0.05, 0) is 26.2 Å². The molecule has 0 unspecified atom stereocenters. The van der Waals surface area contributed by atoms with Crippen LogP contribution in [-0.4, -0.2) is 55.0 Å². The average Bonchev–Trinajstić information content (AvgIpc) is 3.22. The summed E-state index contributed by atoms with van der Waals surface area (Å²) in [6.07, 6.45) is 2.38. The molecule has 0 bridgehead atoms. The Balaban J connectivity index is 1.68. The molecule has 2 heterocycles. The number of carbonyl (C=O) groups excluding carboxylic acids is 2. The molecule has 1 aliphatic heterocycles. The van der Waals surface area contributed by atoms with Gasteiger partial charge in [0.25, 0.3) is 0 Å². The zero-order valence-electron chi connectivity index (χ0n) is 18.4. The predicted octanol–water partition coefficient (Wildman–Crippen LogP) is 3.77. The van der Waals surface area contributed by atoms with Crippen LogP contribution in [0.4, 0.5) is 5.13 Å². The smallest absolute Gasteiger partial charge is 0.350 e. The fourth-order valence-corrected chi connectivity index (χ4v) is 6.12. The van der Waals surface area contributed by atoms with Crippen molar-refractivity contribution < 1.29 is 22.7 Å². The van der Waals surface area contributed by atoms with E-state index < -0.39 is 16.0 Å². The van der Waals surface area contributed by atoms with E-state index in [2.05, 4.69) is 10.3 Å². The van der Waals surface area contributed by atoms with Crippen molar-refractivity contribution in [1.82, 2.24) is 9.29 Å². The number of nitrogens with zero attached hydrogens (tertiary/aromatic N) is 2. The van der Waals surface area contributed by atoms with Crippen LogP contribution in [0.3, 0.4) is 0 Å². The van der Waals surface area contributed by atoms with Gasteiger partial charge >= 0.3 is 5.97 Å². The second kappa shape index (κ2) is 11.0. The largest absolute Gasteiger partial charge is 0.462 e. The summed E-state index contributed by atoms with van der Waals surface area (Å²) in [4.78, 5) is 30.1. The van der Waals surface area contributed by atoms with Crippen LogP contribution in [0, 0.1) is 5.92 Å². The van der Waals surface area contributed by atoms with Crippen LogP contribution in [0.5, 0.6) is 0 Å². The lowest BCUT2D eigenvalue weighted by Crippen LogP contribution is -2.42. The van der Waals surface area contributed by atoms with E-state index in [1.807, 2.05) is 37.3 Å². The number of thiazole rings is 1. The van der Waals surface area contributed by atoms with Crippen LogP contribution < -0.4 is 5.32 Å². The minimum Gasteiger partial charge on any atom is -0.462 e. The molecular formula is C22H29N3O5S2. The Morgan fingerprint density at radius 2 is 1.88 bits per heavy atom. The number of benzene rings is 1. The molecule has 1 aromatic carbocycles. The quantitative estimate of drug-likeness (QED) is 0.549. The van der Waals surface area contributed by atoms with E-state index in [0.29, 0.717) is 48.1 Å². The molecule has 0 saturated carbocycles. The van der Waals surface area contributed by atoms with E-state index in [0.717, 1.165) is 23.3 Å². The number of hydrogen-bond acceptors (Lipinski definition) is 7. The normalized spacial score (nSPS) is 15.4. The molecule has 1 fully saturated rings. The van der Waals surface area contributed by atoms with Crippen LogP contribution in [-0.2, 0) is 19.6 Å². The number of rotatable bonds is 9. The number of amides is 1. The molecule has 0 radical (unpaired) electrons. The summed E-state index contributed by atoms with van der Waals surface area (Å²) in [6, 6.07) is 9.27. The SMILES string of the molecule is CCCCS(=O)(=O)N1CCC(C(=O)Nc2nc(-c3ccccc3)c(C(=O)OCC)s2)CC1. The highest BCUT2D eigenvalue weighted by molar-refractivity contribution is 7.89. The van der Waals surface area contributed by atoms with E-state index in [-0.39, 0.29) is 24.2 Å². The van der Waals surface area contributed by atoms with Gasteiger partial charge in [-0.15, -0.1) is 0 Å². The van der Waals surface area contributed by atoms with Crippen LogP contribution in [0.25, 0.3) is 11.3 Å². The van der Waals surface area contributed by atoms with Crippen molar-refractivity contribution in [2.75, 3.05) is 30.8 Å². The molecule has 1 aliphatic rings. The third-order valence-corrected chi connectivity index (χ3v) is 8.25. The molecule has 3 rings (SSSR count). The zero-order valence-corrected chi connectivity index (χ0v) is 20.0. The topological polar surface area (TPSA) is 106 Å². The number of piperidine rings is 1. The van der Waals surface area contributed by atoms with Crippen LogP contribution in [0.15, 0.2) is 30.3 Å². The Bertz CT molecular complexity index is 1030. The van der Waals surface area contributed by atoms with E-state index in [4.69, 9.17) is 4.74 Å². The van der Waals surface area contributed by atoms with Gasteiger partial charge in [-0.3, -0.25) is 4.79 Å². The molecule has 1 saturated heterocycles. The number of anilines is 1. The maximum atomic E-state index is 12.8. The minimum absolute atomic E-state index is 0.151. The average molecular weight is 480 g/mol. The number of hydrogen-bond donors (Lipinski definition) is 1. The molecule has 0 aliphatic carbocycles. The van der Waals surface area contributed by atoms with Crippen molar-refractivity contribution in [1.29, 1.82) is 0 Å². The highest BCUT2D eigenvalue weighted by Gasteiger charge is 2.31.